The van der Waals surface area contributed by atoms with E-state index in [0.717, 1.165) is 42.5 Å². The molecular formula is C22H25ClN6O3. The van der Waals surface area contributed by atoms with Crippen LogP contribution in [0.1, 0.15) is 19.8 Å². The van der Waals surface area contributed by atoms with E-state index in [4.69, 9.17) is 16.3 Å². The number of rotatable bonds is 7. The molecular weight excluding hydrogens is 432 g/mol. The van der Waals surface area contributed by atoms with Gasteiger partial charge < -0.3 is 24.8 Å². The molecule has 32 heavy (non-hydrogen) atoms. The number of halogens is 1. The van der Waals surface area contributed by atoms with Gasteiger partial charge in [0.15, 0.2) is 18.2 Å². The lowest BCUT2D eigenvalue weighted by molar-refractivity contribution is -0.122. The second-order valence-corrected chi connectivity index (χ2v) is 7.89. The summed E-state index contributed by atoms with van der Waals surface area (Å²) in [6.45, 7) is 4.00. The van der Waals surface area contributed by atoms with E-state index in [1.165, 1.54) is 7.05 Å². The predicted octanol–water partition coefficient (Wildman–Crippen LogP) is 2.93. The van der Waals surface area contributed by atoms with Gasteiger partial charge in [0.05, 0.1) is 11.7 Å². The van der Waals surface area contributed by atoms with Crippen LogP contribution in [-0.4, -0.2) is 47.2 Å². The highest BCUT2D eigenvalue weighted by atomic mass is 35.5. The van der Waals surface area contributed by atoms with Crippen LogP contribution in [0.4, 0.5) is 17.5 Å². The predicted molar refractivity (Wildman–Crippen MR) is 125 cm³/mol. The summed E-state index contributed by atoms with van der Waals surface area (Å²) in [4.78, 5) is 35.4. The number of hydrogen-bond donors (Lipinski definition) is 2. The normalized spacial score (nSPS) is 13.4. The molecule has 1 saturated heterocycles. The number of hydrogen-bond acceptors (Lipinski definition) is 7. The number of aryl methyl sites for hydroxylation is 1. The van der Waals surface area contributed by atoms with E-state index in [9.17, 15) is 9.59 Å². The van der Waals surface area contributed by atoms with E-state index in [-0.39, 0.29) is 23.8 Å². The number of benzene rings is 1. The van der Waals surface area contributed by atoms with Crippen LogP contribution in [0.5, 0.6) is 5.75 Å². The SMILES string of the molecule is CCn1c(=O)c(OCC(=O)NC)cc2cc(Nc3nc(N4CCCC4)ncc3Cl)ccc21. The molecule has 10 heteroatoms. The van der Waals surface area contributed by atoms with Crippen LogP contribution >= 0.6 is 11.6 Å². The van der Waals surface area contributed by atoms with Crippen LogP contribution in [0.2, 0.25) is 5.02 Å². The standard InChI is InChI=1S/C22H25ClN6O3/c1-3-29-17-7-6-15(10-14(17)11-18(21(29)31)32-13-19(30)24-2)26-20-16(23)12-25-22(27-20)28-8-4-5-9-28/h6-7,10-12H,3-5,8-9,13H2,1-2H3,(H,24,30)(H,25,26,27). The number of pyridine rings is 1. The van der Waals surface area contributed by atoms with Crippen molar-refractivity contribution in [3.8, 4) is 5.75 Å². The van der Waals surface area contributed by atoms with Crippen LogP contribution < -0.4 is 25.8 Å². The number of aromatic nitrogens is 3. The number of amides is 1. The maximum atomic E-state index is 12.8. The fourth-order valence-electron chi connectivity index (χ4n) is 3.72. The summed E-state index contributed by atoms with van der Waals surface area (Å²) in [7, 11) is 1.52. The summed E-state index contributed by atoms with van der Waals surface area (Å²) in [5, 5.41) is 6.94. The first-order valence-corrected chi connectivity index (χ1v) is 10.9. The summed E-state index contributed by atoms with van der Waals surface area (Å²) in [6, 6.07) is 7.27. The van der Waals surface area contributed by atoms with Crippen LogP contribution in [0, 0.1) is 0 Å². The number of anilines is 3. The van der Waals surface area contributed by atoms with E-state index in [1.54, 1.807) is 16.8 Å². The molecule has 1 aliphatic rings. The molecule has 0 radical (unpaired) electrons. The fraction of sp³-hybridized carbons (Fsp3) is 0.364. The molecule has 1 aliphatic heterocycles. The lowest BCUT2D eigenvalue weighted by Crippen LogP contribution is -2.28. The summed E-state index contributed by atoms with van der Waals surface area (Å²) < 4.78 is 7.09. The van der Waals surface area contributed by atoms with Gasteiger partial charge in [0, 0.05) is 37.8 Å². The summed E-state index contributed by atoms with van der Waals surface area (Å²) in [5.41, 5.74) is 1.24. The molecule has 3 heterocycles. The van der Waals surface area contributed by atoms with E-state index in [0.29, 0.717) is 23.3 Å². The zero-order chi connectivity index (χ0) is 22.7. The van der Waals surface area contributed by atoms with Crippen molar-refractivity contribution in [3.63, 3.8) is 0 Å². The van der Waals surface area contributed by atoms with Crippen molar-refractivity contribution in [2.75, 3.05) is 37.0 Å². The number of nitrogens with zero attached hydrogens (tertiary/aromatic N) is 4. The van der Waals surface area contributed by atoms with Crippen LogP contribution in [0.15, 0.2) is 35.3 Å². The zero-order valence-electron chi connectivity index (χ0n) is 18.0. The Bertz CT molecular complexity index is 1210. The van der Waals surface area contributed by atoms with Crippen molar-refractivity contribution >= 4 is 45.9 Å². The number of likely N-dealkylation sites (N-methyl/N-ethyl adjacent to an activating group) is 1. The molecule has 0 aliphatic carbocycles. The molecule has 1 amide bonds. The highest BCUT2D eigenvalue weighted by molar-refractivity contribution is 6.32. The van der Waals surface area contributed by atoms with Gasteiger partial charge in [-0.2, -0.15) is 4.98 Å². The molecule has 9 nitrogen and oxygen atoms in total. The minimum absolute atomic E-state index is 0.122. The zero-order valence-corrected chi connectivity index (χ0v) is 18.8. The minimum atomic E-state index is -0.310. The van der Waals surface area contributed by atoms with Gasteiger partial charge in [0.25, 0.3) is 11.5 Å². The molecule has 1 fully saturated rings. The van der Waals surface area contributed by atoms with Crippen molar-refractivity contribution in [1.82, 2.24) is 19.9 Å². The largest absolute Gasteiger partial charge is 0.478 e. The van der Waals surface area contributed by atoms with E-state index in [2.05, 4.69) is 25.5 Å². The van der Waals surface area contributed by atoms with Crippen molar-refractivity contribution in [1.29, 1.82) is 0 Å². The van der Waals surface area contributed by atoms with Crippen LogP contribution in [0.25, 0.3) is 10.9 Å². The van der Waals surface area contributed by atoms with Gasteiger partial charge in [0.1, 0.15) is 5.02 Å². The highest BCUT2D eigenvalue weighted by Gasteiger charge is 2.17. The Labute approximate surface area is 190 Å². The Kier molecular flexibility index (Phi) is 6.45. The third kappa shape index (κ3) is 4.47. The van der Waals surface area contributed by atoms with Crippen molar-refractivity contribution in [2.24, 2.45) is 0 Å². The average Bonchev–Trinajstić information content (AvgIpc) is 3.34. The van der Waals surface area contributed by atoms with Gasteiger partial charge >= 0.3 is 0 Å². The van der Waals surface area contributed by atoms with Gasteiger partial charge in [-0.3, -0.25) is 9.59 Å². The summed E-state index contributed by atoms with van der Waals surface area (Å²) in [6.07, 6.45) is 3.86. The maximum Gasteiger partial charge on any atom is 0.293 e. The molecule has 0 unspecified atom stereocenters. The Hall–Kier alpha value is -3.33. The number of fused-ring (bicyclic) bond motifs is 1. The Morgan fingerprint density at radius 3 is 2.75 bits per heavy atom. The lowest BCUT2D eigenvalue weighted by atomic mass is 10.1. The fourth-order valence-corrected chi connectivity index (χ4v) is 3.86. The molecule has 0 spiro atoms. The van der Waals surface area contributed by atoms with Gasteiger partial charge in [-0.1, -0.05) is 11.6 Å². The second-order valence-electron chi connectivity index (χ2n) is 7.48. The molecule has 1 aromatic carbocycles. The Morgan fingerprint density at radius 1 is 1.25 bits per heavy atom. The van der Waals surface area contributed by atoms with Crippen LogP contribution in [-0.2, 0) is 11.3 Å². The third-order valence-electron chi connectivity index (χ3n) is 5.40. The molecule has 168 valence electrons. The first kappa shape index (κ1) is 21.9. The van der Waals surface area contributed by atoms with E-state index >= 15 is 0 Å². The van der Waals surface area contributed by atoms with Crippen molar-refractivity contribution in [3.05, 3.63) is 45.8 Å². The summed E-state index contributed by atoms with van der Waals surface area (Å²) >= 11 is 6.34. The third-order valence-corrected chi connectivity index (χ3v) is 5.67. The first-order chi connectivity index (χ1) is 15.5. The van der Waals surface area contributed by atoms with Gasteiger partial charge in [-0.05, 0) is 44.0 Å². The number of ether oxygens (including phenoxy) is 1. The molecule has 2 N–H and O–H groups in total. The smallest absolute Gasteiger partial charge is 0.293 e. The molecule has 3 aromatic rings. The Morgan fingerprint density at radius 2 is 2.03 bits per heavy atom. The Balaban J connectivity index is 1.67. The van der Waals surface area contributed by atoms with Gasteiger partial charge in [-0.25, -0.2) is 4.98 Å². The van der Waals surface area contributed by atoms with Crippen LogP contribution in [0.3, 0.4) is 0 Å². The van der Waals surface area contributed by atoms with Gasteiger partial charge in [0.2, 0.25) is 5.95 Å². The molecule has 0 atom stereocenters. The lowest BCUT2D eigenvalue weighted by Gasteiger charge is -2.17. The number of nitrogens with one attached hydrogen (secondary N) is 2. The van der Waals surface area contributed by atoms with Crippen molar-refractivity contribution in [2.45, 2.75) is 26.3 Å². The quantitative estimate of drug-likeness (QED) is 0.563. The second kappa shape index (κ2) is 9.44. The number of carbonyl (C=O) groups excluding carboxylic acids is 1. The average molecular weight is 457 g/mol. The van der Waals surface area contributed by atoms with Crippen molar-refractivity contribution < 1.29 is 9.53 Å². The highest BCUT2D eigenvalue weighted by Crippen LogP contribution is 2.28. The summed E-state index contributed by atoms with van der Waals surface area (Å²) in [5.74, 6) is 0.981. The first-order valence-electron chi connectivity index (χ1n) is 10.6. The maximum absolute atomic E-state index is 12.8. The topological polar surface area (TPSA) is 101 Å². The minimum Gasteiger partial charge on any atom is -0.478 e. The molecule has 0 saturated carbocycles. The molecule has 4 rings (SSSR count). The molecule has 2 aromatic heterocycles. The number of carbonyl (C=O) groups is 1. The van der Waals surface area contributed by atoms with Gasteiger partial charge in [-0.15, -0.1) is 0 Å². The van der Waals surface area contributed by atoms with E-state index < -0.39 is 0 Å². The molecule has 0 bridgehead atoms. The van der Waals surface area contributed by atoms with E-state index in [1.807, 2.05) is 25.1 Å². The monoisotopic (exact) mass is 456 g/mol.